The van der Waals surface area contributed by atoms with Crippen LogP contribution in [0.5, 0.6) is 0 Å². The summed E-state index contributed by atoms with van der Waals surface area (Å²) in [4.78, 5) is 0. The molecule has 3 N–H and O–H groups in total. The summed E-state index contributed by atoms with van der Waals surface area (Å²) in [5, 5.41) is 12.7. The molecule has 0 fully saturated rings. The predicted molar refractivity (Wildman–Crippen MR) is 83.0 cm³/mol. The normalized spacial score (nSPS) is 9.83. The summed E-state index contributed by atoms with van der Waals surface area (Å²) < 4.78 is 1.06. The average molecular weight is 370 g/mol. The smallest absolute Gasteiger partial charge is 0.101 e. The van der Waals surface area contributed by atoms with Gasteiger partial charge in [-0.1, -0.05) is 17.7 Å². The topological polar surface area (TPSA) is 61.8 Å². The van der Waals surface area contributed by atoms with Gasteiger partial charge in [-0.3, -0.25) is 0 Å². The Morgan fingerprint density at radius 2 is 2.00 bits per heavy atom. The monoisotopic (exact) mass is 369 g/mol. The molecule has 5 heteroatoms. The summed E-state index contributed by atoms with van der Waals surface area (Å²) in [6.45, 7) is 0. The molecule has 2 aromatic rings. The van der Waals surface area contributed by atoms with E-state index in [-0.39, 0.29) is 0 Å². The Bertz CT molecular complexity index is 635. The van der Waals surface area contributed by atoms with Crippen molar-refractivity contribution in [3.05, 3.63) is 50.6 Å². The van der Waals surface area contributed by atoms with E-state index in [1.165, 1.54) is 0 Å². The third-order valence-electron chi connectivity index (χ3n) is 2.43. The third kappa shape index (κ3) is 2.68. The number of halogens is 2. The molecular weight excluding hydrogens is 361 g/mol. The number of hydrogen-bond acceptors (Lipinski definition) is 3. The van der Waals surface area contributed by atoms with Crippen LogP contribution in [0.4, 0.5) is 17.1 Å². The lowest BCUT2D eigenvalue weighted by molar-refractivity contribution is 1.47. The van der Waals surface area contributed by atoms with Crippen molar-refractivity contribution in [3.63, 3.8) is 0 Å². The highest BCUT2D eigenvalue weighted by molar-refractivity contribution is 14.1. The van der Waals surface area contributed by atoms with Gasteiger partial charge in [0, 0.05) is 3.57 Å². The lowest BCUT2D eigenvalue weighted by Gasteiger charge is -2.11. The van der Waals surface area contributed by atoms with Crippen molar-refractivity contribution < 1.29 is 0 Å². The first-order valence-electron chi connectivity index (χ1n) is 5.12. The lowest BCUT2D eigenvalue weighted by atomic mass is 10.1. The van der Waals surface area contributed by atoms with Gasteiger partial charge in [-0.25, -0.2) is 0 Å². The van der Waals surface area contributed by atoms with Gasteiger partial charge in [0.1, 0.15) is 6.07 Å². The Hall–Kier alpha value is -1.45. The maximum Gasteiger partial charge on any atom is 0.101 e. The fraction of sp³-hybridized carbons (Fsp3) is 0. The highest BCUT2D eigenvalue weighted by atomic mass is 127. The van der Waals surface area contributed by atoms with E-state index in [1.807, 2.05) is 30.3 Å². The zero-order valence-electron chi connectivity index (χ0n) is 9.24. The second-order valence-corrected chi connectivity index (χ2v) is 5.28. The van der Waals surface area contributed by atoms with Gasteiger partial charge in [0.25, 0.3) is 0 Å². The standard InChI is InChI=1S/C13H9ClIN3/c14-10-6-9(15)4-5-11(10)18-12-3-1-2-8(7-16)13(12)17/h1-6,18H,17H2. The molecule has 0 amide bonds. The first-order valence-corrected chi connectivity index (χ1v) is 6.58. The van der Waals surface area contributed by atoms with Gasteiger partial charge in [0.15, 0.2) is 0 Å². The van der Waals surface area contributed by atoms with Gasteiger partial charge in [-0.2, -0.15) is 5.26 Å². The van der Waals surface area contributed by atoms with Crippen LogP contribution in [0.3, 0.4) is 0 Å². The first-order chi connectivity index (χ1) is 8.61. The fourth-order valence-electron chi connectivity index (χ4n) is 1.51. The minimum Gasteiger partial charge on any atom is -0.396 e. The summed E-state index contributed by atoms with van der Waals surface area (Å²) in [7, 11) is 0. The zero-order chi connectivity index (χ0) is 13.1. The van der Waals surface area contributed by atoms with Crippen LogP contribution in [0.1, 0.15) is 5.56 Å². The van der Waals surface area contributed by atoms with Crippen LogP contribution < -0.4 is 11.1 Å². The molecule has 90 valence electrons. The summed E-state index contributed by atoms with van der Waals surface area (Å²) in [6.07, 6.45) is 0. The maximum atomic E-state index is 8.92. The number of nitrogen functional groups attached to an aromatic ring is 1. The highest BCUT2D eigenvalue weighted by Gasteiger charge is 2.06. The number of benzene rings is 2. The summed E-state index contributed by atoms with van der Waals surface area (Å²) >= 11 is 8.32. The lowest BCUT2D eigenvalue weighted by Crippen LogP contribution is -1.99. The van der Waals surface area contributed by atoms with Gasteiger partial charge >= 0.3 is 0 Å². The molecule has 3 nitrogen and oxygen atoms in total. The Balaban J connectivity index is 2.38. The molecule has 0 unspecified atom stereocenters. The molecule has 2 aromatic carbocycles. The van der Waals surface area contributed by atoms with Gasteiger partial charge < -0.3 is 11.1 Å². The largest absolute Gasteiger partial charge is 0.396 e. The van der Waals surface area contributed by atoms with E-state index in [0.29, 0.717) is 22.0 Å². The molecule has 0 saturated carbocycles. The van der Waals surface area contributed by atoms with Crippen LogP contribution in [0.25, 0.3) is 0 Å². The molecule has 0 bridgehead atoms. The van der Waals surface area contributed by atoms with E-state index in [4.69, 9.17) is 22.6 Å². The molecule has 2 rings (SSSR count). The van der Waals surface area contributed by atoms with Crippen molar-refractivity contribution in [2.45, 2.75) is 0 Å². The molecule has 0 radical (unpaired) electrons. The Kier molecular flexibility index (Phi) is 3.94. The number of anilines is 3. The van der Waals surface area contributed by atoms with E-state index in [2.05, 4.69) is 27.9 Å². The summed E-state index contributed by atoms with van der Waals surface area (Å²) in [5.41, 5.74) is 8.20. The minimum atomic E-state index is 0.426. The summed E-state index contributed by atoms with van der Waals surface area (Å²) in [5.74, 6) is 0. The Morgan fingerprint density at radius 1 is 1.22 bits per heavy atom. The van der Waals surface area contributed by atoms with Gasteiger partial charge in [0.2, 0.25) is 0 Å². The first kappa shape index (κ1) is 13.0. The zero-order valence-corrected chi connectivity index (χ0v) is 12.2. The van der Waals surface area contributed by atoms with E-state index in [1.54, 1.807) is 12.1 Å². The molecule has 0 saturated heterocycles. The number of nitrogens with zero attached hydrogens (tertiary/aromatic N) is 1. The predicted octanol–water partition coefficient (Wildman–Crippen LogP) is 4.14. The molecule has 0 heterocycles. The molecule has 0 aliphatic heterocycles. The van der Waals surface area contributed by atoms with Crippen molar-refractivity contribution in [3.8, 4) is 6.07 Å². The van der Waals surface area contributed by atoms with Gasteiger partial charge in [0.05, 0.1) is 27.6 Å². The highest BCUT2D eigenvalue weighted by Crippen LogP contribution is 2.30. The number of nitrogens with two attached hydrogens (primary N) is 1. The van der Waals surface area contributed by atoms with Crippen LogP contribution >= 0.6 is 34.2 Å². The van der Waals surface area contributed by atoms with Crippen molar-refractivity contribution in [1.29, 1.82) is 5.26 Å². The van der Waals surface area contributed by atoms with Crippen molar-refractivity contribution in [2.24, 2.45) is 0 Å². The van der Waals surface area contributed by atoms with Crippen molar-refractivity contribution >= 4 is 51.3 Å². The minimum absolute atomic E-state index is 0.426. The van der Waals surface area contributed by atoms with Crippen LogP contribution in [0, 0.1) is 14.9 Å². The van der Waals surface area contributed by atoms with Crippen LogP contribution in [0.2, 0.25) is 5.02 Å². The van der Waals surface area contributed by atoms with Crippen LogP contribution in [-0.4, -0.2) is 0 Å². The van der Waals surface area contributed by atoms with Crippen molar-refractivity contribution in [1.82, 2.24) is 0 Å². The molecule has 0 atom stereocenters. The van der Waals surface area contributed by atoms with E-state index in [9.17, 15) is 0 Å². The number of nitrogens with one attached hydrogen (secondary N) is 1. The molecule has 0 aliphatic carbocycles. The third-order valence-corrected chi connectivity index (χ3v) is 3.41. The van der Waals surface area contributed by atoms with Gasteiger partial charge in [-0.15, -0.1) is 0 Å². The van der Waals surface area contributed by atoms with Crippen LogP contribution in [0.15, 0.2) is 36.4 Å². The molecule has 18 heavy (non-hydrogen) atoms. The fourth-order valence-corrected chi connectivity index (χ4v) is 2.41. The Morgan fingerprint density at radius 3 is 2.67 bits per heavy atom. The molecule has 0 aliphatic rings. The van der Waals surface area contributed by atoms with E-state index < -0.39 is 0 Å². The number of nitriles is 1. The maximum absolute atomic E-state index is 8.92. The second kappa shape index (κ2) is 5.46. The molecular formula is C13H9ClIN3. The molecule has 0 aromatic heterocycles. The quantitative estimate of drug-likeness (QED) is 0.618. The average Bonchev–Trinajstić information content (AvgIpc) is 2.35. The number of para-hydroxylation sites is 1. The van der Waals surface area contributed by atoms with Crippen molar-refractivity contribution in [2.75, 3.05) is 11.1 Å². The summed E-state index contributed by atoms with van der Waals surface area (Å²) in [6, 6.07) is 13.0. The second-order valence-electron chi connectivity index (χ2n) is 3.63. The van der Waals surface area contributed by atoms with Crippen LogP contribution in [-0.2, 0) is 0 Å². The molecule has 0 spiro atoms. The number of hydrogen-bond donors (Lipinski definition) is 2. The SMILES string of the molecule is N#Cc1cccc(Nc2ccc(I)cc2Cl)c1N. The van der Waals surface area contributed by atoms with Gasteiger partial charge in [-0.05, 0) is 52.9 Å². The van der Waals surface area contributed by atoms with E-state index >= 15 is 0 Å². The van der Waals surface area contributed by atoms with E-state index in [0.717, 1.165) is 9.26 Å². The number of rotatable bonds is 2. The Labute approximate surface area is 124 Å².